The SMILES string of the molecule is CC(C)(C)C(Sc1ccc(O)cc1)C(C)(C)C(=O)O. The number of carboxylic acid groups (broad SMARTS) is 1. The van der Waals surface area contributed by atoms with Crippen LogP contribution in [0.25, 0.3) is 0 Å². The highest BCUT2D eigenvalue weighted by molar-refractivity contribution is 8.00. The molecule has 0 aliphatic rings. The molecule has 19 heavy (non-hydrogen) atoms. The Morgan fingerprint density at radius 1 is 1.11 bits per heavy atom. The molecule has 0 heterocycles. The van der Waals surface area contributed by atoms with E-state index >= 15 is 0 Å². The van der Waals surface area contributed by atoms with Crippen LogP contribution in [-0.2, 0) is 4.79 Å². The lowest BCUT2D eigenvalue weighted by Gasteiger charge is -2.39. The largest absolute Gasteiger partial charge is 0.508 e. The molecular formula is C15H22O3S. The third kappa shape index (κ3) is 3.90. The molecule has 1 unspecified atom stereocenters. The Kier molecular flexibility index (Phi) is 4.56. The zero-order valence-corrected chi connectivity index (χ0v) is 12.9. The van der Waals surface area contributed by atoms with Crippen molar-refractivity contribution in [2.45, 2.75) is 44.8 Å². The Balaban J connectivity index is 3.06. The van der Waals surface area contributed by atoms with Crippen molar-refractivity contribution in [1.82, 2.24) is 0 Å². The van der Waals surface area contributed by atoms with E-state index < -0.39 is 11.4 Å². The van der Waals surface area contributed by atoms with Crippen LogP contribution in [0.3, 0.4) is 0 Å². The van der Waals surface area contributed by atoms with Crippen molar-refractivity contribution in [3.05, 3.63) is 24.3 Å². The minimum Gasteiger partial charge on any atom is -0.508 e. The summed E-state index contributed by atoms with van der Waals surface area (Å²) in [4.78, 5) is 12.5. The van der Waals surface area contributed by atoms with Gasteiger partial charge in [-0.15, -0.1) is 11.8 Å². The molecular weight excluding hydrogens is 260 g/mol. The van der Waals surface area contributed by atoms with Crippen LogP contribution < -0.4 is 0 Å². The average molecular weight is 282 g/mol. The van der Waals surface area contributed by atoms with Gasteiger partial charge in [0.15, 0.2) is 0 Å². The van der Waals surface area contributed by atoms with Gasteiger partial charge in [-0.25, -0.2) is 0 Å². The molecule has 1 aromatic rings. The average Bonchev–Trinajstić information content (AvgIpc) is 2.26. The summed E-state index contributed by atoms with van der Waals surface area (Å²) in [5.41, 5.74) is -0.981. The summed E-state index contributed by atoms with van der Waals surface area (Å²) in [6.07, 6.45) is 0. The van der Waals surface area contributed by atoms with Crippen molar-refractivity contribution in [2.24, 2.45) is 10.8 Å². The molecule has 1 rings (SSSR count). The molecule has 2 N–H and O–H groups in total. The predicted octanol–water partition coefficient (Wildman–Crippen LogP) is 4.01. The summed E-state index contributed by atoms with van der Waals surface area (Å²) in [6.45, 7) is 9.68. The molecule has 0 radical (unpaired) electrons. The van der Waals surface area contributed by atoms with Gasteiger partial charge in [0.05, 0.1) is 5.41 Å². The zero-order chi connectivity index (χ0) is 14.8. The van der Waals surface area contributed by atoms with Gasteiger partial charge in [-0.05, 0) is 43.5 Å². The number of hydrogen-bond donors (Lipinski definition) is 2. The lowest BCUT2D eigenvalue weighted by atomic mass is 9.75. The summed E-state index contributed by atoms with van der Waals surface area (Å²) in [7, 11) is 0. The number of carboxylic acids is 1. The first kappa shape index (κ1) is 15.9. The lowest BCUT2D eigenvalue weighted by molar-refractivity contribution is -0.148. The second-order valence-corrected chi connectivity index (χ2v) is 7.56. The number of aliphatic carboxylic acids is 1. The monoisotopic (exact) mass is 282 g/mol. The van der Waals surface area contributed by atoms with Crippen LogP contribution in [-0.4, -0.2) is 21.4 Å². The lowest BCUT2D eigenvalue weighted by Crippen LogP contribution is -2.42. The Labute approximate surface area is 119 Å². The topological polar surface area (TPSA) is 57.5 Å². The second-order valence-electron chi connectivity index (χ2n) is 6.38. The number of phenols is 1. The first-order valence-electron chi connectivity index (χ1n) is 6.24. The fraction of sp³-hybridized carbons (Fsp3) is 0.533. The fourth-order valence-corrected chi connectivity index (χ4v) is 3.49. The molecule has 0 fully saturated rings. The number of rotatable bonds is 4. The summed E-state index contributed by atoms with van der Waals surface area (Å²) >= 11 is 1.55. The van der Waals surface area contributed by atoms with Crippen LogP contribution in [0.15, 0.2) is 29.2 Å². The van der Waals surface area contributed by atoms with Gasteiger partial charge in [-0.2, -0.15) is 0 Å². The number of benzene rings is 1. The quantitative estimate of drug-likeness (QED) is 0.819. The Morgan fingerprint density at radius 2 is 1.58 bits per heavy atom. The van der Waals surface area contributed by atoms with Crippen molar-refractivity contribution < 1.29 is 15.0 Å². The molecule has 0 saturated carbocycles. The van der Waals surface area contributed by atoms with E-state index in [4.69, 9.17) is 0 Å². The highest BCUT2D eigenvalue weighted by Crippen LogP contribution is 2.45. The minimum atomic E-state index is -0.833. The number of thioether (sulfide) groups is 1. The van der Waals surface area contributed by atoms with E-state index in [1.807, 2.05) is 12.1 Å². The summed E-state index contributed by atoms with van der Waals surface area (Å²) in [6, 6.07) is 6.87. The zero-order valence-electron chi connectivity index (χ0n) is 12.1. The second kappa shape index (κ2) is 5.45. The number of hydrogen-bond acceptors (Lipinski definition) is 3. The van der Waals surface area contributed by atoms with Gasteiger partial charge in [0, 0.05) is 10.1 Å². The Morgan fingerprint density at radius 3 is 1.95 bits per heavy atom. The molecule has 0 aliphatic carbocycles. The molecule has 0 aromatic heterocycles. The van der Waals surface area contributed by atoms with E-state index in [-0.39, 0.29) is 16.4 Å². The molecule has 106 valence electrons. The van der Waals surface area contributed by atoms with Gasteiger partial charge < -0.3 is 10.2 Å². The summed E-state index contributed by atoms with van der Waals surface area (Å²) in [5.74, 6) is -0.576. The van der Waals surface area contributed by atoms with E-state index in [0.717, 1.165) is 4.90 Å². The van der Waals surface area contributed by atoms with E-state index in [1.165, 1.54) is 0 Å². The van der Waals surface area contributed by atoms with Crippen molar-refractivity contribution in [2.75, 3.05) is 0 Å². The fourth-order valence-electron chi connectivity index (χ4n) is 2.18. The maximum absolute atomic E-state index is 11.5. The van der Waals surface area contributed by atoms with E-state index in [0.29, 0.717) is 0 Å². The van der Waals surface area contributed by atoms with E-state index in [1.54, 1.807) is 37.7 Å². The highest BCUT2D eigenvalue weighted by Gasteiger charge is 2.44. The summed E-state index contributed by atoms with van der Waals surface area (Å²) in [5, 5.41) is 18.7. The number of carbonyl (C=O) groups is 1. The first-order valence-corrected chi connectivity index (χ1v) is 7.12. The third-order valence-electron chi connectivity index (χ3n) is 3.08. The maximum Gasteiger partial charge on any atom is 0.310 e. The molecule has 0 spiro atoms. The molecule has 1 atom stereocenters. The molecule has 0 aliphatic heterocycles. The van der Waals surface area contributed by atoms with Crippen molar-refractivity contribution >= 4 is 17.7 Å². The normalized spacial score (nSPS) is 14.2. The molecule has 0 bridgehead atoms. The van der Waals surface area contributed by atoms with Crippen LogP contribution in [0.2, 0.25) is 0 Å². The third-order valence-corrected chi connectivity index (χ3v) is 5.16. The molecule has 3 nitrogen and oxygen atoms in total. The van der Waals surface area contributed by atoms with Crippen molar-refractivity contribution in [3.8, 4) is 5.75 Å². The van der Waals surface area contributed by atoms with Crippen molar-refractivity contribution in [1.29, 1.82) is 0 Å². The van der Waals surface area contributed by atoms with Gasteiger partial charge in [0.1, 0.15) is 5.75 Å². The van der Waals surface area contributed by atoms with E-state index in [2.05, 4.69) is 20.8 Å². The van der Waals surface area contributed by atoms with Crippen LogP contribution >= 0.6 is 11.8 Å². The molecule has 0 saturated heterocycles. The van der Waals surface area contributed by atoms with Gasteiger partial charge >= 0.3 is 5.97 Å². The maximum atomic E-state index is 11.5. The van der Waals surface area contributed by atoms with Crippen LogP contribution in [0.4, 0.5) is 0 Å². The van der Waals surface area contributed by atoms with Crippen LogP contribution in [0.1, 0.15) is 34.6 Å². The molecule has 4 heteroatoms. The molecule has 1 aromatic carbocycles. The van der Waals surface area contributed by atoms with Gasteiger partial charge in [0.25, 0.3) is 0 Å². The Bertz CT molecular complexity index is 443. The predicted molar refractivity (Wildman–Crippen MR) is 78.6 cm³/mol. The first-order chi connectivity index (χ1) is 8.55. The highest BCUT2D eigenvalue weighted by atomic mass is 32.2. The Hall–Kier alpha value is -1.16. The standard InChI is InChI=1S/C15H22O3S/c1-14(2,3)12(15(4,5)13(17)18)19-11-8-6-10(16)7-9-11/h6-9,12,16H,1-5H3,(H,17,18). The van der Waals surface area contributed by atoms with E-state index in [9.17, 15) is 15.0 Å². The van der Waals surface area contributed by atoms with Gasteiger partial charge in [-0.3, -0.25) is 4.79 Å². The minimum absolute atomic E-state index is 0.0814. The number of aromatic hydroxyl groups is 1. The van der Waals surface area contributed by atoms with Crippen LogP contribution in [0, 0.1) is 10.8 Å². The molecule has 0 amide bonds. The number of phenolic OH excluding ortho intramolecular Hbond substituents is 1. The smallest absolute Gasteiger partial charge is 0.310 e. The van der Waals surface area contributed by atoms with Crippen LogP contribution in [0.5, 0.6) is 5.75 Å². The van der Waals surface area contributed by atoms with Gasteiger partial charge in [0.2, 0.25) is 0 Å². The van der Waals surface area contributed by atoms with Crippen molar-refractivity contribution in [3.63, 3.8) is 0 Å². The summed E-state index contributed by atoms with van der Waals surface area (Å²) < 4.78 is 0. The van der Waals surface area contributed by atoms with Gasteiger partial charge in [-0.1, -0.05) is 20.8 Å².